The van der Waals surface area contributed by atoms with Gasteiger partial charge in [0.2, 0.25) is 0 Å². The second-order valence-corrected chi connectivity index (χ2v) is 1.52. The van der Waals surface area contributed by atoms with Crippen LogP contribution >= 0.6 is 0 Å². The van der Waals surface area contributed by atoms with Gasteiger partial charge in [-0.25, -0.2) is 4.79 Å². The molecule has 0 aliphatic rings. The molecular weight excluding hydrogens is 134 g/mol. The van der Waals surface area contributed by atoms with E-state index in [0.717, 1.165) is 0 Å². The molecule has 0 aromatic carbocycles. The summed E-state index contributed by atoms with van der Waals surface area (Å²) in [5, 5.41) is 8.27. The molecule has 0 aliphatic heterocycles. The molecule has 4 nitrogen and oxygen atoms in total. The van der Waals surface area contributed by atoms with Gasteiger partial charge in [0.25, 0.3) is 0 Å². The number of hydrogen-bond acceptors (Lipinski definition) is 3. The topological polar surface area (TPSA) is 58.9 Å². The summed E-state index contributed by atoms with van der Waals surface area (Å²) in [5.74, 6) is 0. The maximum atomic E-state index is 10.4. The predicted molar refractivity (Wildman–Crippen MR) is 37.2 cm³/mol. The maximum Gasteiger partial charge on any atom is 0.433 e. The van der Waals surface area contributed by atoms with Crippen molar-refractivity contribution in [1.29, 1.82) is 0 Å². The predicted octanol–water partition coefficient (Wildman–Crippen LogP) is 0.596. The fourth-order valence-electron chi connectivity index (χ4n) is 0.358. The van der Waals surface area contributed by atoms with Crippen LogP contribution in [0.2, 0.25) is 0 Å². The van der Waals surface area contributed by atoms with Crippen LogP contribution in [0.15, 0.2) is 4.99 Å². The van der Waals surface area contributed by atoms with Crippen molar-refractivity contribution < 1.29 is 14.6 Å². The zero-order valence-corrected chi connectivity index (χ0v) is 5.91. The molecule has 0 bridgehead atoms. The lowest BCUT2D eigenvalue weighted by Gasteiger charge is -1.92. The Morgan fingerprint density at radius 2 is 2.50 bits per heavy atom. The Labute approximate surface area is 59.5 Å². The summed E-state index contributed by atoms with van der Waals surface area (Å²) in [5.41, 5.74) is 0. The highest BCUT2D eigenvalue weighted by molar-refractivity contribution is 5.79. The first-order valence-electron chi connectivity index (χ1n) is 3.11. The van der Waals surface area contributed by atoms with Crippen LogP contribution in [-0.4, -0.2) is 30.6 Å². The van der Waals surface area contributed by atoms with Crippen LogP contribution in [0.25, 0.3) is 0 Å². The van der Waals surface area contributed by atoms with E-state index in [2.05, 4.69) is 9.73 Å². The van der Waals surface area contributed by atoms with E-state index in [-0.39, 0.29) is 6.61 Å². The highest BCUT2D eigenvalue weighted by Crippen LogP contribution is 1.81. The van der Waals surface area contributed by atoms with Crippen molar-refractivity contribution in [3.05, 3.63) is 0 Å². The number of carbonyl (C=O) groups excluding carboxylic acids is 1. The summed E-state index contributed by atoms with van der Waals surface area (Å²) in [6.07, 6.45) is 1.12. The van der Waals surface area contributed by atoms with Crippen LogP contribution in [0.4, 0.5) is 4.79 Å². The summed E-state index contributed by atoms with van der Waals surface area (Å²) in [4.78, 5) is 13.8. The van der Waals surface area contributed by atoms with Crippen molar-refractivity contribution in [2.75, 3.05) is 13.2 Å². The Bertz CT molecular complexity index is 122. The number of hydrogen-bond donors (Lipinski definition) is 1. The standard InChI is InChI=1S/C6H11NO3/c1-2-10-6(9)7-4-3-5-8/h4,8H,2-3,5H2,1H3. The molecule has 0 rings (SSSR count). The van der Waals surface area contributed by atoms with E-state index in [4.69, 9.17) is 5.11 Å². The molecular formula is C6H11NO3. The summed E-state index contributed by atoms with van der Waals surface area (Å²) in [7, 11) is 0. The molecule has 0 unspecified atom stereocenters. The SMILES string of the molecule is CCOC(=O)N=CCCO. The molecule has 0 saturated carbocycles. The molecule has 0 atom stereocenters. The van der Waals surface area contributed by atoms with Gasteiger partial charge in [0.05, 0.1) is 6.61 Å². The average molecular weight is 145 g/mol. The van der Waals surface area contributed by atoms with Crippen LogP contribution in [0.3, 0.4) is 0 Å². The third-order valence-corrected chi connectivity index (χ3v) is 0.723. The van der Waals surface area contributed by atoms with Crippen LogP contribution in [-0.2, 0) is 4.74 Å². The Morgan fingerprint density at radius 1 is 1.80 bits per heavy atom. The normalized spacial score (nSPS) is 10.2. The Kier molecular flexibility index (Phi) is 5.66. The second kappa shape index (κ2) is 6.22. The summed E-state index contributed by atoms with van der Waals surface area (Å²) < 4.78 is 4.47. The minimum absolute atomic E-state index is 0.00288. The van der Waals surface area contributed by atoms with Gasteiger partial charge in [-0.3, -0.25) is 0 Å². The zero-order chi connectivity index (χ0) is 7.82. The molecule has 0 aromatic heterocycles. The van der Waals surface area contributed by atoms with Gasteiger partial charge in [0.15, 0.2) is 0 Å². The first-order valence-corrected chi connectivity index (χ1v) is 3.11. The lowest BCUT2D eigenvalue weighted by atomic mass is 10.5. The number of aliphatic hydroxyl groups excluding tert-OH is 1. The van der Waals surface area contributed by atoms with Crippen molar-refractivity contribution in [2.24, 2.45) is 4.99 Å². The van der Waals surface area contributed by atoms with Gasteiger partial charge < -0.3 is 9.84 Å². The van der Waals surface area contributed by atoms with Crippen molar-refractivity contribution in [3.8, 4) is 0 Å². The van der Waals surface area contributed by atoms with Crippen molar-refractivity contribution in [1.82, 2.24) is 0 Å². The molecule has 0 radical (unpaired) electrons. The Hall–Kier alpha value is -0.900. The molecule has 0 fully saturated rings. The van der Waals surface area contributed by atoms with E-state index in [1.807, 2.05) is 0 Å². The smallest absolute Gasteiger partial charge is 0.433 e. The number of rotatable bonds is 3. The third kappa shape index (κ3) is 5.24. The van der Waals surface area contributed by atoms with Gasteiger partial charge in [0, 0.05) is 19.2 Å². The summed E-state index contributed by atoms with van der Waals surface area (Å²) >= 11 is 0. The number of aliphatic imine (C=N–C) groups is 1. The molecule has 58 valence electrons. The first-order chi connectivity index (χ1) is 4.81. The van der Waals surface area contributed by atoms with E-state index in [0.29, 0.717) is 13.0 Å². The summed E-state index contributed by atoms with van der Waals surface area (Å²) in [6.45, 7) is 2.04. The molecule has 0 spiro atoms. The van der Waals surface area contributed by atoms with E-state index >= 15 is 0 Å². The molecule has 1 amide bonds. The minimum Gasteiger partial charge on any atom is -0.448 e. The number of nitrogens with zero attached hydrogens (tertiary/aromatic N) is 1. The van der Waals surface area contributed by atoms with Gasteiger partial charge >= 0.3 is 6.09 Å². The number of carbonyl (C=O) groups is 1. The Balaban J connectivity index is 3.36. The zero-order valence-electron chi connectivity index (χ0n) is 5.91. The van der Waals surface area contributed by atoms with Crippen LogP contribution in [0, 0.1) is 0 Å². The molecule has 0 aliphatic carbocycles. The van der Waals surface area contributed by atoms with Crippen molar-refractivity contribution >= 4 is 12.3 Å². The maximum absolute atomic E-state index is 10.4. The van der Waals surface area contributed by atoms with Crippen LogP contribution in [0.5, 0.6) is 0 Å². The lowest BCUT2D eigenvalue weighted by Crippen LogP contribution is -1.98. The highest BCUT2D eigenvalue weighted by Gasteiger charge is 1.91. The molecule has 4 heteroatoms. The monoisotopic (exact) mass is 145 g/mol. The van der Waals surface area contributed by atoms with E-state index < -0.39 is 6.09 Å². The van der Waals surface area contributed by atoms with Gasteiger partial charge in [-0.1, -0.05) is 0 Å². The lowest BCUT2D eigenvalue weighted by molar-refractivity contribution is 0.163. The minimum atomic E-state index is -0.601. The molecule has 0 aromatic rings. The fourth-order valence-corrected chi connectivity index (χ4v) is 0.358. The largest absolute Gasteiger partial charge is 0.448 e. The van der Waals surface area contributed by atoms with Crippen LogP contribution in [0.1, 0.15) is 13.3 Å². The highest BCUT2D eigenvalue weighted by atomic mass is 16.5. The molecule has 0 saturated heterocycles. The molecule has 0 heterocycles. The first kappa shape index (κ1) is 9.10. The average Bonchev–Trinajstić information content (AvgIpc) is 1.89. The Morgan fingerprint density at radius 3 is 3.00 bits per heavy atom. The van der Waals surface area contributed by atoms with E-state index in [1.165, 1.54) is 6.21 Å². The van der Waals surface area contributed by atoms with Crippen molar-refractivity contribution in [3.63, 3.8) is 0 Å². The molecule has 10 heavy (non-hydrogen) atoms. The quantitative estimate of drug-likeness (QED) is 0.591. The van der Waals surface area contributed by atoms with Gasteiger partial charge in [-0.2, -0.15) is 4.99 Å². The number of amides is 1. The number of ether oxygens (including phenoxy) is 1. The van der Waals surface area contributed by atoms with Crippen LogP contribution < -0.4 is 0 Å². The number of aliphatic hydroxyl groups is 1. The fraction of sp³-hybridized carbons (Fsp3) is 0.667. The summed E-state index contributed by atoms with van der Waals surface area (Å²) in [6, 6.07) is 0. The van der Waals surface area contributed by atoms with E-state index in [9.17, 15) is 4.79 Å². The van der Waals surface area contributed by atoms with Crippen molar-refractivity contribution in [2.45, 2.75) is 13.3 Å². The second-order valence-electron chi connectivity index (χ2n) is 1.52. The third-order valence-electron chi connectivity index (χ3n) is 0.723. The van der Waals surface area contributed by atoms with Gasteiger partial charge in [-0.15, -0.1) is 0 Å². The van der Waals surface area contributed by atoms with E-state index in [1.54, 1.807) is 6.92 Å². The molecule has 1 N–H and O–H groups in total. The van der Waals surface area contributed by atoms with Gasteiger partial charge in [0.1, 0.15) is 0 Å². The van der Waals surface area contributed by atoms with Gasteiger partial charge in [-0.05, 0) is 6.92 Å².